The van der Waals surface area contributed by atoms with E-state index < -0.39 is 11.9 Å². The summed E-state index contributed by atoms with van der Waals surface area (Å²) in [5, 5.41) is 9.03. The number of halogens is 1. The number of anilines is 1. The minimum atomic E-state index is -0.837. The maximum absolute atomic E-state index is 13.0. The van der Waals surface area contributed by atoms with Crippen LogP contribution in [0.4, 0.5) is 10.1 Å². The number of hydrogen-bond donors (Lipinski definition) is 1. The minimum Gasteiger partial charge on any atom is -0.481 e. The molecule has 0 spiro atoms. The standard InChI is InChI=1S/C11H12FNO2/c1-13-5-4-9(11(14)15)8-3-2-7(12)6-10(8)13/h2-3,6,9H,4-5H2,1H3,(H,14,15). The van der Waals surface area contributed by atoms with Crippen molar-refractivity contribution in [2.45, 2.75) is 12.3 Å². The lowest BCUT2D eigenvalue weighted by molar-refractivity contribution is -0.139. The molecule has 0 bridgehead atoms. The van der Waals surface area contributed by atoms with Gasteiger partial charge in [0, 0.05) is 19.3 Å². The van der Waals surface area contributed by atoms with Crippen LogP contribution in [0.25, 0.3) is 0 Å². The number of nitrogens with zero attached hydrogens (tertiary/aromatic N) is 1. The van der Waals surface area contributed by atoms with Crippen molar-refractivity contribution >= 4 is 11.7 Å². The predicted octanol–water partition coefficient (Wildman–Crippen LogP) is 1.83. The van der Waals surface area contributed by atoms with Crippen molar-refractivity contribution in [1.82, 2.24) is 0 Å². The molecule has 0 fully saturated rings. The van der Waals surface area contributed by atoms with E-state index in [9.17, 15) is 9.18 Å². The molecule has 0 aromatic heterocycles. The zero-order valence-corrected chi connectivity index (χ0v) is 8.40. The number of carbonyl (C=O) groups is 1. The van der Waals surface area contributed by atoms with E-state index in [0.29, 0.717) is 24.2 Å². The molecule has 0 aliphatic carbocycles. The number of hydrogen-bond acceptors (Lipinski definition) is 2. The normalized spacial score (nSPS) is 19.9. The molecule has 80 valence electrons. The molecule has 1 aromatic carbocycles. The smallest absolute Gasteiger partial charge is 0.311 e. The second kappa shape index (κ2) is 3.53. The van der Waals surface area contributed by atoms with Crippen molar-refractivity contribution in [2.75, 3.05) is 18.5 Å². The summed E-state index contributed by atoms with van der Waals surface area (Å²) in [6.45, 7) is 0.646. The molecule has 3 nitrogen and oxygen atoms in total. The van der Waals surface area contributed by atoms with Crippen molar-refractivity contribution in [2.24, 2.45) is 0 Å². The van der Waals surface area contributed by atoms with E-state index in [1.165, 1.54) is 12.1 Å². The van der Waals surface area contributed by atoms with Gasteiger partial charge in [-0.05, 0) is 24.1 Å². The molecule has 1 heterocycles. The van der Waals surface area contributed by atoms with Gasteiger partial charge in [-0.3, -0.25) is 4.79 Å². The Morgan fingerprint density at radius 3 is 3.00 bits per heavy atom. The van der Waals surface area contributed by atoms with Crippen LogP contribution in [0.1, 0.15) is 17.9 Å². The van der Waals surface area contributed by atoms with Gasteiger partial charge in [-0.25, -0.2) is 4.39 Å². The molecule has 0 saturated carbocycles. The molecular weight excluding hydrogens is 197 g/mol. The molecular formula is C11H12FNO2. The highest BCUT2D eigenvalue weighted by atomic mass is 19.1. The third-order valence-electron chi connectivity index (χ3n) is 2.83. The molecule has 4 heteroatoms. The summed E-state index contributed by atoms with van der Waals surface area (Å²) in [5.74, 6) is -1.67. The van der Waals surface area contributed by atoms with Gasteiger partial charge < -0.3 is 10.0 Å². The van der Waals surface area contributed by atoms with Crippen molar-refractivity contribution in [1.29, 1.82) is 0 Å². The van der Waals surface area contributed by atoms with Gasteiger partial charge in [0.1, 0.15) is 5.82 Å². The molecule has 0 saturated heterocycles. The van der Waals surface area contributed by atoms with Crippen molar-refractivity contribution in [3.05, 3.63) is 29.6 Å². The Morgan fingerprint density at radius 2 is 2.33 bits per heavy atom. The van der Waals surface area contributed by atoms with Crippen molar-refractivity contribution < 1.29 is 14.3 Å². The van der Waals surface area contributed by atoms with Crippen LogP contribution in [0.15, 0.2) is 18.2 Å². The van der Waals surface area contributed by atoms with Crippen LogP contribution in [-0.4, -0.2) is 24.7 Å². The van der Waals surface area contributed by atoms with Crippen LogP contribution in [-0.2, 0) is 4.79 Å². The van der Waals surface area contributed by atoms with E-state index in [1.54, 1.807) is 6.07 Å². The predicted molar refractivity (Wildman–Crippen MR) is 54.7 cm³/mol. The molecule has 1 aliphatic rings. The summed E-state index contributed by atoms with van der Waals surface area (Å²) in [4.78, 5) is 12.9. The van der Waals surface area contributed by atoms with Crippen LogP contribution < -0.4 is 4.90 Å². The van der Waals surface area contributed by atoms with Crippen LogP contribution >= 0.6 is 0 Å². The van der Waals surface area contributed by atoms with E-state index in [0.717, 1.165) is 0 Å². The van der Waals surface area contributed by atoms with Crippen LogP contribution in [0.3, 0.4) is 0 Å². The topological polar surface area (TPSA) is 40.5 Å². The van der Waals surface area contributed by atoms with Crippen molar-refractivity contribution in [3.63, 3.8) is 0 Å². The second-order valence-corrected chi connectivity index (χ2v) is 3.80. The summed E-state index contributed by atoms with van der Waals surface area (Å²) >= 11 is 0. The Bertz CT molecular complexity index is 406. The first-order valence-electron chi connectivity index (χ1n) is 4.83. The monoisotopic (exact) mass is 209 g/mol. The fraction of sp³-hybridized carbons (Fsp3) is 0.364. The van der Waals surface area contributed by atoms with Crippen LogP contribution in [0.5, 0.6) is 0 Å². The summed E-state index contributed by atoms with van der Waals surface area (Å²) in [7, 11) is 1.84. The van der Waals surface area contributed by atoms with Gasteiger partial charge in [0.2, 0.25) is 0 Å². The van der Waals surface area contributed by atoms with E-state index >= 15 is 0 Å². The first-order chi connectivity index (χ1) is 7.09. The van der Waals surface area contributed by atoms with Gasteiger partial charge in [0.25, 0.3) is 0 Å². The summed E-state index contributed by atoms with van der Waals surface area (Å²) in [5.41, 5.74) is 1.39. The van der Waals surface area contributed by atoms with Gasteiger partial charge in [-0.2, -0.15) is 0 Å². The number of carboxylic acids is 1. The second-order valence-electron chi connectivity index (χ2n) is 3.80. The van der Waals surface area contributed by atoms with E-state index in [-0.39, 0.29) is 5.82 Å². The lowest BCUT2D eigenvalue weighted by atomic mass is 9.90. The third-order valence-corrected chi connectivity index (χ3v) is 2.83. The van der Waals surface area contributed by atoms with E-state index in [4.69, 9.17) is 5.11 Å². The first kappa shape index (κ1) is 9.96. The zero-order chi connectivity index (χ0) is 11.0. The largest absolute Gasteiger partial charge is 0.481 e. The van der Waals surface area contributed by atoms with Gasteiger partial charge in [0.05, 0.1) is 5.92 Å². The Hall–Kier alpha value is -1.58. The Morgan fingerprint density at radius 1 is 1.60 bits per heavy atom. The lowest BCUT2D eigenvalue weighted by Crippen LogP contribution is -2.30. The number of carboxylic acid groups (broad SMARTS) is 1. The molecule has 0 radical (unpaired) electrons. The number of benzene rings is 1. The molecule has 15 heavy (non-hydrogen) atoms. The van der Waals surface area contributed by atoms with Crippen molar-refractivity contribution in [3.8, 4) is 0 Å². The SMILES string of the molecule is CN1CCC(C(=O)O)c2ccc(F)cc21. The van der Waals surface area contributed by atoms with Gasteiger partial charge in [-0.1, -0.05) is 6.07 Å². The highest BCUT2D eigenvalue weighted by Crippen LogP contribution is 2.34. The molecule has 1 aromatic rings. The number of fused-ring (bicyclic) bond motifs is 1. The quantitative estimate of drug-likeness (QED) is 0.767. The summed E-state index contributed by atoms with van der Waals surface area (Å²) < 4.78 is 13.0. The maximum atomic E-state index is 13.0. The molecule has 1 aliphatic heterocycles. The highest BCUT2D eigenvalue weighted by Gasteiger charge is 2.28. The molecule has 1 atom stereocenters. The van der Waals surface area contributed by atoms with E-state index in [2.05, 4.69) is 0 Å². The Labute approximate surface area is 87.1 Å². The molecule has 1 unspecified atom stereocenters. The maximum Gasteiger partial charge on any atom is 0.311 e. The van der Waals surface area contributed by atoms with Gasteiger partial charge in [0.15, 0.2) is 0 Å². The molecule has 2 rings (SSSR count). The minimum absolute atomic E-state index is 0.327. The first-order valence-corrected chi connectivity index (χ1v) is 4.83. The Balaban J connectivity index is 2.50. The number of rotatable bonds is 1. The fourth-order valence-corrected chi connectivity index (χ4v) is 2.00. The van der Waals surface area contributed by atoms with Gasteiger partial charge in [-0.15, -0.1) is 0 Å². The fourth-order valence-electron chi connectivity index (χ4n) is 2.00. The average molecular weight is 209 g/mol. The lowest BCUT2D eigenvalue weighted by Gasteiger charge is -2.31. The molecule has 1 N–H and O–H groups in total. The summed E-state index contributed by atoms with van der Waals surface area (Å²) in [6, 6.07) is 4.28. The summed E-state index contributed by atoms with van der Waals surface area (Å²) in [6.07, 6.45) is 0.574. The van der Waals surface area contributed by atoms with E-state index in [1.807, 2.05) is 11.9 Å². The average Bonchev–Trinajstić information content (AvgIpc) is 2.19. The highest BCUT2D eigenvalue weighted by molar-refractivity contribution is 5.80. The Kier molecular flexibility index (Phi) is 2.34. The van der Waals surface area contributed by atoms with Crippen LogP contribution in [0, 0.1) is 5.82 Å². The zero-order valence-electron chi connectivity index (χ0n) is 8.40. The number of aliphatic carboxylic acids is 1. The van der Waals surface area contributed by atoms with Gasteiger partial charge >= 0.3 is 5.97 Å². The third kappa shape index (κ3) is 1.67. The molecule has 0 amide bonds. The van der Waals surface area contributed by atoms with Crippen LogP contribution in [0.2, 0.25) is 0 Å².